The summed E-state index contributed by atoms with van der Waals surface area (Å²) in [5.74, 6) is 0.612. The van der Waals surface area contributed by atoms with E-state index in [-0.39, 0.29) is 5.56 Å². The van der Waals surface area contributed by atoms with Crippen LogP contribution in [0.2, 0.25) is 5.15 Å². The van der Waals surface area contributed by atoms with Gasteiger partial charge in [-0.25, -0.2) is 9.97 Å². The van der Waals surface area contributed by atoms with Gasteiger partial charge < -0.3 is 0 Å². The van der Waals surface area contributed by atoms with Crippen LogP contribution in [0.5, 0.6) is 0 Å². The maximum atomic E-state index is 12.7. The van der Waals surface area contributed by atoms with Crippen molar-refractivity contribution in [3.05, 3.63) is 62.1 Å². The van der Waals surface area contributed by atoms with Crippen molar-refractivity contribution in [2.45, 2.75) is 24.4 Å². The Morgan fingerprint density at radius 2 is 2.17 bits per heavy atom. The van der Waals surface area contributed by atoms with E-state index in [1.165, 1.54) is 11.8 Å². The topological polar surface area (TPSA) is 47.8 Å². The Morgan fingerprint density at radius 3 is 2.91 bits per heavy atom. The lowest BCUT2D eigenvalue weighted by Crippen LogP contribution is -2.22. The van der Waals surface area contributed by atoms with Gasteiger partial charge in [0.2, 0.25) is 0 Å². The van der Waals surface area contributed by atoms with Crippen LogP contribution in [0.4, 0.5) is 0 Å². The lowest BCUT2D eigenvalue weighted by molar-refractivity contribution is 0.634. The zero-order valence-electron chi connectivity index (χ0n) is 12.3. The van der Waals surface area contributed by atoms with Crippen LogP contribution >= 0.6 is 39.3 Å². The molecule has 0 unspecified atom stereocenters. The van der Waals surface area contributed by atoms with E-state index >= 15 is 0 Å². The lowest BCUT2D eigenvalue weighted by atomic mass is 10.2. The molecule has 3 rings (SSSR count). The van der Waals surface area contributed by atoms with Crippen LogP contribution in [-0.2, 0) is 12.3 Å². The van der Waals surface area contributed by atoms with Gasteiger partial charge in [-0.3, -0.25) is 9.36 Å². The molecule has 0 fully saturated rings. The fraction of sp³-hybridized carbons (Fsp3) is 0.188. The number of hydrogen-bond acceptors (Lipinski definition) is 4. The minimum atomic E-state index is -0.0291. The molecule has 0 saturated carbocycles. The molecule has 23 heavy (non-hydrogen) atoms. The molecule has 7 heteroatoms. The number of halogens is 2. The molecule has 4 nitrogen and oxygen atoms in total. The van der Waals surface area contributed by atoms with Crippen molar-refractivity contribution >= 4 is 50.2 Å². The Hall–Kier alpha value is -1.37. The summed E-state index contributed by atoms with van der Waals surface area (Å²) in [5, 5.41) is 1.78. The summed E-state index contributed by atoms with van der Waals surface area (Å²) in [4.78, 5) is 21.4. The molecular formula is C16H13BrClN3OS. The van der Waals surface area contributed by atoms with E-state index in [0.717, 1.165) is 10.0 Å². The number of benzene rings is 1. The fourth-order valence-corrected chi connectivity index (χ4v) is 3.91. The van der Waals surface area contributed by atoms with Crippen molar-refractivity contribution in [3.63, 3.8) is 0 Å². The highest BCUT2D eigenvalue weighted by atomic mass is 79.9. The molecule has 0 spiro atoms. The van der Waals surface area contributed by atoms with Gasteiger partial charge in [0.25, 0.3) is 5.56 Å². The quantitative estimate of drug-likeness (QED) is 0.360. The Balaban J connectivity index is 2.02. The first-order valence-corrected chi connectivity index (χ1v) is 9.18. The van der Waals surface area contributed by atoms with E-state index in [4.69, 9.17) is 11.6 Å². The second-order valence-electron chi connectivity index (χ2n) is 4.85. The average Bonchev–Trinajstić information content (AvgIpc) is 2.55. The number of nitrogens with zero attached hydrogens (tertiary/aromatic N) is 3. The van der Waals surface area contributed by atoms with Crippen molar-refractivity contribution in [3.8, 4) is 0 Å². The number of rotatable bonds is 4. The van der Waals surface area contributed by atoms with Crippen molar-refractivity contribution in [2.24, 2.45) is 0 Å². The molecule has 2 heterocycles. The van der Waals surface area contributed by atoms with Gasteiger partial charge in [-0.1, -0.05) is 45.4 Å². The molecule has 0 aliphatic carbocycles. The third-order valence-electron chi connectivity index (χ3n) is 3.39. The molecule has 0 saturated heterocycles. The Kier molecular flexibility index (Phi) is 5.04. The normalized spacial score (nSPS) is 11.1. The molecule has 1 aromatic carbocycles. The number of hydrogen-bond donors (Lipinski definition) is 0. The van der Waals surface area contributed by atoms with E-state index in [2.05, 4.69) is 25.9 Å². The summed E-state index contributed by atoms with van der Waals surface area (Å²) >= 11 is 11.0. The first kappa shape index (κ1) is 16.5. The first-order valence-electron chi connectivity index (χ1n) is 7.02. The summed E-state index contributed by atoms with van der Waals surface area (Å²) in [7, 11) is 0. The molecule has 2 aromatic heterocycles. The van der Waals surface area contributed by atoms with Gasteiger partial charge in [-0.15, -0.1) is 0 Å². The van der Waals surface area contributed by atoms with Gasteiger partial charge in [0.1, 0.15) is 5.15 Å². The predicted octanol–water partition coefficient (Wildman–Crippen LogP) is 4.52. The number of aromatic nitrogens is 3. The van der Waals surface area contributed by atoms with Gasteiger partial charge in [-0.2, -0.15) is 0 Å². The van der Waals surface area contributed by atoms with Crippen molar-refractivity contribution in [2.75, 3.05) is 0 Å². The minimum absolute atomic E-state index is 0.0291. The van der Waals surface area contributed by atoms with Crippen molar-refractivity contribution in [1.29, 1.82) is 0 Å². The van der Waals surface area contributed by atoms with Crippen LogP contribution in [0.15, 0.2) is 51.0 Å². The van der Waals surface area contributed by atoms with Crippen LogP contribution in [0.25, 0.3) is 10.9 Å². The van der Waals surface area contributed by atoms with Crippen LogP contribution in [0.3, 0.4) is 0 Å². The van der Waals surface area contributed by atoms with E-state index in [1.54, 1.807) is 10.8 Å². The molecule has 0 aliphatic rings. The fourth-order valence-electron chi connectivity index (χ4n) is 2.23. The summed E-state index contributed by atoms with van der Waals surface area (Å²) < 4.78 is 2.55. The number of pyridine rings is 1. The smallest absolute Gasteiger partial charge is 0.262 e. The summed E-state index contributed by atoms with van der Waals surface area (Å²) in [6.07, 6.45) is 1.66. The summed E-state index contributed by atoms with van der Waals surface area (Å²) in [6.45, 7) is 2.51. The van der Waals surface area contributed by atoms with Crippen LogP contribution in [0.1, 0.15) is 12.5 Å². The van der Waals surface area contributed by atoms with E-state index in [9.17, 15) is 4.79 Å². The van der Waals surface area contributed by atoms with E-state index in [0.29, 0.717) is 33.5 Å². The van der Waals surface area contributed by atoms with Gasteiger partial charge in [0, 0.05) is 23.0 Å². The molecule has 0 N–H and O–H groups in total. The zero-order chi connectivity index (χ0) is 16.4. The van der Waals surface area contributed by atoms with Crippen molar-refractivity contribution < 1.29 is 0 Å². The average molecular weight is 411 g/mol. The molecule has 3 aromatic rings. The summed E-state index contributed by atoms with van der Waals surface area (Å²) in [6, 6.07) is 9.32. The highest BCUT2D eigenvalue weighted by Gasteiger charge is 2.12. The molecular weight excluding hydrogens is 398 g/mol. The molecule has 0 amide bonds. The highest BCUT2D eigenvalue weighted by Crippen LogP contribution is 2.25. The largest absolute Gasteiger partial charge is 0.287 e. The van der Waals surface area contributed by atoms with Crippen LogP contribution < -0.4 is 5.56 Å². The molecule has 0 bridgehead atoms. The second kappa shape index (κ2) is 7.03. The number of fused-ring (bicyclic) bond motifs is 1. The van der Waals surface area contributed by atoms with Crippen LogP contribution in [-0.4, -0.2) is 14.5 Å². The zero-order valence-corrected chi connectivity index (χ0v) is 15.5. The lowest BCUT2D eigenvalue weighted by Gasteiger charge is -2.11. The van der Waals surface area contributed by atoms with Gasteiger partial charge in [-0.05, 0) is 36.8 Å². The minimum Gasteiger partial charge on any atom is -0.287 e. The van der Waals surface area contributed by atoms with Gasteiger partial charge in [0.15, 0.2) is 5.16 Å². The van der Waals surface area contributed by atoms with E-state index in [1.807, 2.05) is 37.3 Å². The van der Waals surface area contributed by atoms with Gasteiger partial charge >= 0.3 is 0 Å². The second-order valence-corrected chi connectivity index (χ2v) is 7.06. The van der Waals surface area contributed by atoms with Crippen molar-refractivity contribution in [1.82, 2.24) is 14.5 Å². The molecule has 0 atom stereocenters. The summed E-state index contributed by atoms with van der Waals surface area (Å²) in [5.41, 5.74) is 1.59. The number of thioether (sulfide) groups is 1. The Labute approximate surface area is 151 Å². The Bertz CT molecular complexity index is 929. The standard InChI is InChI=1S/C16H13BrClN3OS/c1-2-21-15(22)12-8-11(17)5-6-13(12)20-16(21)23-9-10-4-3-7-19-14(10)18/h3-8H,2,9H2,1H3. The molecule has 118 valence electrons. The third-order valence-corrected chi connectivity index (χ3v) is 5.25. The molecule has 0 radical (unpaired) electrons. The predicted molar refractivity (Wildman–Crippen MR) is 98.2 cm³/mol. The van der Waals surface area contributed by atoms with E-state index < -0.39 is 0 Å². The maximum absolute atomic E-state index is 12.7. The highest BCUT2D eigenvalue weighted by molar-refractivity contribution is 9.10. The van der Waals surface area contributed by atoms with Crippen LogP contribution in [0, 0.1) is 0 Å². The monoisotopic (exact) mass is 409 g/mol. The maximum Gasteiger partial charge on any atom is 0.262 e. The third kappa shape index (κ3) is 3.44. The van der Waals surface area contributed by atoms with Gasteiger partial charge in [0.05, 0.1) is 10.9 Å². The Morgan fingerprint density at radius 1 is 1.35 bits per heavy atom. The molecule has 0 aliphatic heterocycles. The SMILES string of the molecule is CCn1c(SCc2cccnc2Cl)nc2ccc(Br)cc2c1=O. The first-order chi connectivity index (χ1) is 11.1.